The van der Waals surface area contributed by atoms with Crippen LogP contribution in [-0.4, -0.2) is 67.8 Å². The van der Waals surface area contributed by atoms with Gasteiger partial charge in [-0.2, -0.15) is 17.5 Å². The van der Waals surface area contributed by atoms with E-state index in [0.717, 1.165) is 31.5 Å². The Labute approximate surface area is 190 Å². The van der Waals surface area contributed by atoms with Crippen molar-refractivity contribution in [1.29, 1.82) is 0 Å². The summed E-state index contributed by atoms with van der Waals surface area (Å²) in [5.74, 6) is 0.0365. The molecule has 0 saturated carbocycles. The molecule has 3 heterocycles. The van der Waals surface area contributed by atoms with Crippen LogP contribution in [0.15, 0.2) is 47.5 Å². The summed E-state index contributed by atoms with van der Waals surface area (Å²) in [5, 5.41) is 0. The van der Waals surface area contributed by atoms with Gasteiger partial charge in [-0.05, 0) is 37.1 Å². The molecule has 1 aromatic carbocycles. The molecule has 0 unspecified atom stereocenters. The molecule has 0 aliphatic carbocycles. The highest BCUT2D eigenvalue weighted by Gasteiger charge is 2.33. The first kappa shape index (κ1) is 23.5. The Morgan fingerprint density at radius 3 is 2.15 bits per heavy atom. The molecular weight excluding hydrogens is 457 g/mol. The zero-order valence-corrected chi connectivity index (χ0v) is 18.8. The molecular formula is C22H25F3N4O3S. The average molecular weight is 483 g/mol. The van der Waals surface area contributed by atoms with Gasteiger partial charge in [-0.25, -0.2) is 13.4 Å². The summed E-state index contributed by atoms with van der Waals surface area (Å²) in [4.78, 5) is 20.5. The third kappa shape index (κ3) is 4.98. The first-order valence-electron chi connectivity index (χ1n) is 10.8. The van der Waals surface area contributed by atoms with Crippen LogP contribution in [0.1, 0.15) is 35.2 Å². The predicted molar refractivity (Wildman–Crippen MR) is 116 cm³/mol. The van der Waals surface area contributed by atoms with E-state index in [1.807, 2.05) is 0 Å². The second-order valence-electron chi connectivity index (χ2n) is 8.14. The van der Waals surface area contributed by atoms with Crippen LogP contribution in [0, 0.1) is 0 Å². The molecule has 4 rings (SSSR count). The number of piperazine rings is 1. The zero-order chi connectivity index (χ0) is 23.6. The summed E-state index contributed by atoms with van der Waals surface area (Å²) < 4.78 is 66.1. The summed E-state index contributed by atoms with van der Waals surface area (Å²) >= 11 is 0. The number of aromatic nitrogens is 1. The van der Waals surface area contributed by atoms with Crippen molar-refractivity contribution >= 4 is 21.7 Å². The summed E-state index contributed by atoms with van der Waals surface area (Å²) in [6.45, 7) is 2.27. The maximum absolute atomic E-state index is 13.2. The molecule has 2 aliphatic heterocycles. The van der Waals surface area contributed by atoms with Crippen molar-refractivity contribution < 1.29 is 26.4 Å². The van der Waals surface area contributed by atoms with Crippen LogP contribution in [0.25, 0.3) is 0 Å². The van der Waals surface area contributed by atoms with E-state index in [1.54, 1.807) is 21.9 Å². The number of nitrogens with zero attached hydrogens (tertiary/aromatic N) is 4. The Morgan fingerprint density at radius 2 is 1.55 bits per heavy atom. The number of sulfonamides is 1. The molecule has 178 valence electrons. The maximum atomic E-state index is 13.2. The Bertz CT molecular complexity index is 1090. The lowest BCUT2D eigenvalue weighted by Gasteiger charge is -2.36. The van der Waals surface area contributed by atoms with Crippen LogP contribution in [0.3, 0.4) is 0 Å². The average Bonchev–Trinajstić information content (AvgIpc) is 2.84. The number of hydrogen-bond donors (Lipinski definition) is 0. The molecule has 11 heteroatoms. The van der Waals surface area contributed by atoms with Gasteiger partial charge in [0.1, 0.15) is 5.82 Å². The standard InChI is InChI=1S/C22H25F3N4O3S/c23-22(24,25)17-8-9-20(26-16-17)27-12-14-28(15-13-27)21(30)18-6-2-3-7-19(18)33(31,32)29-10-4-1-5-11-29/h2-3,6-9,16H,1,4-5,10-15H2. The van der Waals surface area contributed by atoms with E-state index in [-0.39, 0.29) is 16.4 Å². The number of pyridine rings is 1. The van der Waals surface area contributed by atoms with Gasteiger partial charge in [0.05, 0.1) is 16.0 Å². The van der Waals surface area contributed by atoms with Gasteiger partial charge in [-0.1, -0.05) is 18.6 Å². The lowest BCUT2D eigenvalue weighted by atomic mass is 10.1. The highest BCUT2D eigenvalue weighted by atomic mass is 32.2. The van der Waals surface area contributed by atoms with E-state index >= 15 is 0 Å². The summed E-state index contributed by atoms with van der Waals surface area (Å²) in [6, 6.07) is 8.57. The van der Waals surface area contributed by atoms with Crippen LogP contribution in [0.2, 0.25) is 0 Å². The van der Waals surface area contributed by atoms with E-state index in [4.69, 9.17) is 0 Å². The molecule has 0 N–H and O–H groups in total. The second-order valence-corrected chi connectivity index (χ2v) is 10.0. The molecule has 2 fully saturated rings. The van der Waals surface area contributed by atoms with Gasteiger partial charge < -0.3 is 9.80 Å². The topological polar surface area (TPSA) is 73.8 Å². The van der Waals surface area contributed by atoms with E-state index in [2.05, 4.69) is 4.98 Å². The molecule has 2 aromatic rings. The van der Waals surface area contributed by atoms with Crippen molar-refractivity contribution in [3.05, 3.63) is 53.7 Å². The highest BCUT2D eigenvalue weighted by Crippen LogP contribution is 2.30. The molecule has 2 saturated heterocycles. The Balaban J connectivity index is 1.46. The minimum atomic E-state index is -4.45. The van der Waals surface area contributed by atoms with Crippen LogP contribution < -0.4 is 4.90 Å². The van der Waals surface area contributed by atoms with Crippen LogP contribution in [-0.2, 0) is 16.2 Å². The molecule has 0 spiro atoms. The van der Waals surface area contributed by atoms with Gasteiger partial charge in [-0.15, -0.1) is 0 Å². The molecule has 0 radical (unpaired) electrons. The predicted octanol–water partition coefficient (Wildman–Crippen LogP) is 3.24. The molecule has 1 amide bonds. The second kappa shape index (κ2) is 9.30. The number of amides is 1. The SMILES string of the molecule is O=C(c1ccccc1S(=O)(=O)N1CCCCC1)N1CCN(c2ccc(C(F)(F)F)cn2)CC1. The quantitative estimate of drug-likeness (QED) is 0.669. The van der Waals surface area contributed by atoms with Gasteiger partial charge in [-0.3, -0.25) is 4.79 Å². The molecule has 33 heavy (non-hydrogen) atoms. The lowest BCUT2D eigenvalue weighted by Crippen LogP contribution is -2.49. The summed E-state index contributed by atoms with van der Waals surface area (Å²) in [7, 11) is -3.77. The van der Waals surface area contributed by atoms with Gasteiger partial charge in [0, 0.05) is 45.5 Å². The molecule has 2 aliphatic rings. The number of piperidine rings is 1. The number of carbonyl (C=O) groups is 1. The third-order valence-corrected chi connectivity index (χ3v) is 7.97. The van der Waals surface area contributed by atoms with E-state index in [0.29, 0.717) is 45.1 Å². The number of halogens is 3. The fourth-order valence-corrected chi connectivity index (χ4v) is 5.86. The first-order valence-corrected chi connectivity index (χ1v) is 12.3. The number of benzene rings is 1. The number of rotatable bonds is 4. The summed E-state index contributed by atoms with van der Waals surface area (Å²) in [5.41, 5.74) is -0.671. The molecule has 0 bridgehead atoms. The zero-order valence-electron chi connectivity index (χ0n) is 18.0. The Morgan fingerprint density at radius 1 is 0.879 bits per heavy atom. The summed E-state index contributed by atoms with van der Waals surface area (Å²) in [6.07, 6.45) is -1.05. The van der Waals surface area contributed by atoms with E-state index in [9.17, 15) is 26.4 Å². The van der Waals surface area contributed by atoms with E-state index in [1.165, 1.54) is 22.5 Å². The molecule has 1 aromatic heterocycles. The monoisotopic (exact) mass is 482 g/mol. The lowest BCUT2D eigenvalue weighted by molar-refractivity contribution is -0.137. The van der Waals surface area contributed by atoms with Crippen LogP contribution in [0.5, 0.6) is 0 Å². The van der Waals surface area contributed by atoms with Crippen molar-refractivity contribution in [2.75, 3.05) is 44.2 Å². The number of carbonyl (C=O) groups excluding carboxylic acids is 1. The number of hydrogen-bond acceptors (Lipinski definition) is 5. The van der Waals surface area contributed by atoms with Gasteiger partial charge in [0.15, 0.2) is 0 Å². The van der Waals surface area contributed by atoms with Crippen LogP contribution >= 0.6 is 0 Å². The fourth-order valence-electron chi connectivity index (χ4n) is 4.16. The first-order chi connectivity index (χ1) is 15.7. The fraction of sp³-hybridized carbons (Fsp3) is 0.455. The molecule has 0 atom stereocenters. The van der Waals surface area contributed by atoms with Crippen molar-refractivity contribution in [2.45, 2.75) is 30.3 Å². The van der Waals surface area contributed by atoms with Gasteiger partial charge in [0.25, 0.3) is 5.91 Å². The van der Waals surface area contributed by atoms with E-state index < -0.39 is 21.8 Å². The number of anilines is 1. The van der Waals surface area contributed by atoms with Crippen molar-refractivity contribution in [3.63, 3.8) is 0 Å². The minimum absolute atomic E-state index is 0.0173. The van der Waals surface area contributed by atoms with Gasteiger partial charge in [0.2, 0.25) is 10.0 Å². The largest absolute Gasteiger partial charge is 0.417 e. The van der Waals surface area contributed by atoms with Crippen molar-refractivity contribution in [2.24, 2.45) is 0 Å². The Kier molecular flexibility index (Phi) is 6.62. The van der Waals surface area contributed by atoms with Gasteiger partial charge >= 0.3 is 6.18 Å². The Hall–Kier alpha value is -2.66. The third-order valence-electron chi connectivity index (χ3n) is 6.02. The normalized spacial score (nSPS) is 18.4. The smallest absolute Gasteiger partial charge is 0.353 e. The van der Waals surface area contributed by atoms with Crippen molar-refractivity contribution in [3.8, 4) is 0 Å². The van der Waals surface area contributed by atoms with Crippen LogP contribution in [0.4, 0.5) is 19.0 Å². The maximum Gasteiger partial charge on any atom is 0.417 e. The highest BCUT2D eigenvalue weighted by molar-refractivity contribution is 7.89. The van der Waals surface area contributed by atoms with Crippen molar-refractivity contribution in [1.82, 2.24) is 14.2 Å². The molecule has 7 nitrogen and oxygen atoms in total. The number of alkyl halides is 3. The minimum Gasteiger partial charge on any atom is -0.353 e.